The van der Waals surface area contributed by atoms with Crippen LogP contribution in [0.25, 0.3) is 0 Å². The van der Waals surface area contributed by atoms with E-state index in [4.69, 9.17) is 5.11 Å². The quantitative estimate of drug-likeness (QED) is 0.730. The topological polar surface area (TPSA) is 91.8 Å². The first-order valence-corrected chi connectivity index (χ1v) is 9.75. The number of aliphatic carboxylic acids is 1. The van der Waals surface area contributed by atoms with Gasteiger partial charge in [-0.25, -0.2) is 8.42 Å². The Hall–Kier alpha value is -1.11. The van der Waals surface area contributed by atoms with E-state index in [1.807, 2.05) is 13.8 Å². The van der Waals surface area contributed by atoms with E-state index in [0.29, 0.717) is 13.0 Å². The van der Waals surface area contributed by atoms with Gasteiger partial charge in [-0.15, -0.1) is 0 Å². The van der Waals surface area contributed by atoms with Gasteiger partial charge in [0.05, 0.1) is 11.5 Å². The van der Waals surface area contributed by atoms with Crippen LogP contribution >= 0.6 is 0 Å². The van der Waals surface area contributed by atoms with Crippen LogP contribution in [0.3, 0.4) is 0 Å². The molecule has 6 nitrogen and oxygen atoms in total. The normalized spacial score (nSPS) is 19.4. The molecule has 1 heterocycles. The Balaban J connectivity index is 2.55. The molecule has 1 atom stereocenters. The molecule has 128 valence electrons. The Bertz CT molecular complexity index is 486. The number of nitrogens with zero attached hydrogens (tertiary/aromatic N) is 1. The Morgan fingerprint density at radius 3 is 2.50 bits per heavy atom. The van der Waals surface area contributed by atoms with Crippen molar-refractivity contribution in [3.05, 3.63) is 0 Å². The number of carboxylic acid groups (broad SMARTS) is 1. The van der Waals surface area contributed by atoms with Crippen LogP contribution in [0.15, 0.2) is 0 Å². The largest absolute Gasteiger partial charge is 0.481 e. The Kier molecular flexibility index (Phi) is 7.32. The fraction of sp³-hybridized carbons (Fsp3) is 0.867. The van der Waals surface area contributed by atoms with Gasteiger partial charge >= 0.3 is 5.97 Å². The molecule has 0 aromatic rings. The number of sulfone groups is 1. The molecule has 0 aromatic carbocycles. The van der Waals surface area contributed by atoms with Crippen LogP contribution in [-0.4, -0.2) is 54.4 Å². The molecule has 1 rings (SSSR count). The maximum atomic E-state index is 12.3. The summed E-state index contributed by atoms with van der Waals surface area (Å²) in [6.45, 7) is 4.28. The monoisotopic (exact) mass is 333 g/mol. The van der Waals surface area contributed by atoms with E-state index >= 15 is 0 Å². The van der Waals surface area contributed by atoms with E-state index < -0.39 is 15.8 Å². The van der Waals surface area contributed by atoms with Crippen LogP contribution < -0.4 is 0 Å². The van der Waals surface area contributed by atoms with Gasteiger partial charge in [-0.1, -0.05) is 13.8 Å². The summed E-state index contributed by atoms with van der Waals surface area (Å²) < 4.78 is 23.8. The van der Waals surface area contributed by atoms with Crippen LogP contribution in [0.4, 0.5) is 0 Å². The molecule has 1 amide bonds. The van der Waals surface area contributed by atoms with Gasteiger partial charge in [0.25, 0.3) is 0 Å². The lowest BCUT2D eigenvalue weighted by molar-refractivity contribution is -0.140. The van der Waals surface area contributed by atoms with E-state index in [2.05, 4.69) is 0 Å². The predicted molar refractivity (Wildman–Crippen MR) is 84.3 cm³/mol. The van der Waals surface area contributed by atoms with Crippen LogP contribution in [0.1, 0.15) is 52.4 Å². The first-order chi connectivity index (χ1) is 10.2. The maximum absolute atomic E-state index is 12.3. The lowest BCUT2D eigenvalue weighted by Crippen LogP contribution is -2.44. The van der Waals surface area contributed by atoms with Crippen LogP contribution in [0, 0.1) is 5.92 Å². The zero-order valence-electron chi connectivity index (χ0n) is 13.5. The summed E-state index contributed by atoms with van der Waals surface area (Å²) in [7, 11) is -3.20. The molecule has 22 heavy (non-hydrogen) atoms. The molecule has 1 N–H and O–H groups in total. The number of hydrogen-bond acceptors (Lipinski definition) is 4. The van der Waals surface area contributed by atoms with E-state index in [9.17, 15) is 18.0 Å². The van der Waals surface area contributed by atoms with Gasteiger partial charge in [-0.05, 0) is 31.6 Å². The molecule has 1 unspecified atom stereocenters. The van der Waals surface area contributed by atoms with Crippen LogP contribution in [0.5, 0.6) is 0 Å². The first-order valence-electron chi connectivity index (χ1n) is 7.93. The van der Waals surface area contributed by atoms with Gasteiger partial charge in [-0.3, -0.25) is 9.59 Å². The second kappa shape index (κ2) is 8.50. The Morgan fingerprint density at radius 2 is 1.91 bits per heavy atom. The van der Waals surface area contributed by atoms with Crippen molar-refractivity contribution < 1.29 is 23.1 Å². The molecule has 0 spiro atoms. The number of piperidine rings is 1. The molecule has 0 radical (unpaired) electrons. The second-order valence-corrected chi connectivity index (χ2v) is 8.66. The molecule has 0 bridgehead atoms. The molecular formula is C15H27NO5S. The third-order valence-electron chi connectivity index (χ3n) is 3.85. The van der Waals surface area contributed by atoms with Crippen molar-refractivity contribution >= 4 is 21.7 Å². The smallest absolute Gasteiger partial charge is 0.303 e. The van der Waals surface area contributed by atoms with E-state index in [1.54, 1.807) is 4.90 Å². The summed E-state index contributed by atoms with van der Waals surface area (Å²) in [6.07, 6.45) is 3.17. The zero-order valence-corrected chi connectivity index (χ0v) is 14.3. The van der Waals surface area contributed by atoms with Crippen molar-refractivity contribution in [2.75, 3.05) is 18.1 Å². The number of rotatable bonds is 8. The molecule has 0 saturated carbocycles. The van der Waals surface area contributed by atoms with Gasteiger partial charge in [-0.2, -0.15) is 0 Å². The second-order valence-electron chi connectivity index (χ2n) is 6.43. The summed E-state index contributed by atoms with van der Waals surface area (Å²) in [4.78, 5) is 24.7. The zero-order chi connectivity index (χ0) is 16.8. The Morgan fingerprint density at radius 1 is 1.23 bits per heavy atom. The average molecular weight is 333 g/mol. The molecule has 0 aliphatic carbocycles. The number of carbonyl (C=O) groups is 2. The van der Waals surface area contributed by atoms with Crippen molar-refractivity contribution in [1.29, 1.82) is 0 Å². The van der Waals surface area contributed by atoms with Gasteiger partial charge < -0.3 is 10.0 Å². The highest BCUT2D eigenvalue weighted by Crippen LogP contribution is 2.22. The highest BCUT2D eigenvalue weighted by Gasteiger charge is 2.27. The first kappa shape index (κ1) is 18.9. The van der Waals surface area contributed by atoms with Gasteiger partial charge in [0.1, 0.15) is 0 Å². The van der Waals surface area contributed by atoms with Crippen molar-refractivity contribution in [3.8, 4) is 0 Å². The molecule has 1 aliphatic heterocycles. The fourth-order valence-electron chi connectivity index (χ4n) is 2.90. The third kappa shape index (κ3) is 6.77. The Labute approximate surface area is 132 Å². The molecule has 7 heteroatoms. The summed E-state index contributed by atoms with van der Waals surface area (Å²) in [5.74, 6) is -0.993. The average Bonchev–Trinajstić information content (AvgIpc) is 2.41. The summed E-state index contributed by atoms with van der Waals surface area (Å²) in [6, 6.07) is -0.0647. The highest BCUT2D eigenvalue weighted by molar-refractivity contribution is 7.91. The number of hydrogen-bond donors (Lipinski definition) is 1. The number of carbonyl (C=O) groups excluding carboxylic acids is 1. The summed E-state index contributed by atoms with van der Waals surface area (Å²) in [5.41, 5.74) is 0. The molecular weight excluding hydrogens is 306 g/mol. The molecule has 1 fully saturated rings. The minimum Gasteiger partial charge on any atom is -0.481 e. The minimum absolute atomic E-state index is 0.00136. The molecule has 1 aliphatic rings. The van der Waals surface area contributed by atoms with Gasteiger partial charge in [0, 0.05) is 25.4 Å². The lowest BCUT2D eigenvalue weighted by atomic mass is 9.97. The highest BCUT2D eigenvalue weighted by atomic mass is 32.2. The standard InChI is InChI=1S/C15H27NO5S/c1-12(2)11-22(20,21)10-8-14(17)16-9-4-3-5-13(16)6-7-15(18)19/h12-13H,3-11H2,1-2H3,(H,18,19). The lowest BCUT2D eigenvalue weighted by Gasteiger charge is -2.35. The van der Waals surface area contributed by atoms with Gasteiger partial charge in [0.2, 0.25) is 5.91 Å². The SMILES string of the molecule is CC(C)CS(=O)(=O)CCC(=O)N1CCCCC1CCC(=O)O. The van der Waals surface area contributed by atoms with E-state index in [-0.39, 0.29) is 42.2 Å². The van der Waals surface area contributed by atoms with E-state index in [0.717, 1.165) is 19.3 Å². The van der Waals surface area contributed by atoms with Crippen molar-refractivity contribution in [2.45, 2.75) is 58.4 Å². The van der Waals surface area contributed by atoms with Crippen molar-refractivity contribution in [1.82, 2.24) is 4.90 Å². The van der Waals surface area contributed by atoms with Crippen LogP contribution in [0.2, 0.25) is 0 Å². The molecule has 1 saturated heterocycles. The van der Waals surface area contributed by atoms with Crippen molar-refractivity contribution in [2.24, 2.45) is 5.92 Å². The van der Waals surface area contributed by atoms with Gasteiger partial charge in [0.15, 0.2) is 9.84 Å². The summed E-state index contributed by atoms with van der Waals surface area (Å²) >= 11 is 0. The minimum atomic E-state index is -3.20. The number of carboxylic acids is 1. The third-order valence-corrected chi connectivity index (χ3v) is 5.85. The maximum Gasteiger partial charge on any atom is 0.303 e. The van der Waals surface area contributed by atoms with Crippen LogP contribution in [-0.2, 0) is 19.4 Å². The summed E-state index contributed by atoms with van der Waals surface area (Å²) in [5, 5.41) is 8.78. The van der Waals surface area contributed by atoms with E-state index in [1.165, 1.54) is 0 Å². The predicted octanol–water partition coefficient (Wildman–Crippen LogP) is 1.69. The number of likely N-dealkylation sites (tertiary alicyclic amines) is 1. The molecule has 0 aromatic heterocycles. The number of amides is 1. The van der Waals surface area contributed by atoms with Crippen molar-refractivity contribution in [3.63, 3.8) is 0 Å². The fourth-order valence-corrected chi connectivity index (χ4v) is 4.56.